The van der Waals surface area contributed by atoms with E-state index in [1.165, 1.54) is 0 Å². The van der Waals surface area contributed by atoms with Crippen LogP contribution in [0.25, 0.3) is 0 Å². The molecule has 1 saturated heterocycles. The molecule has 1 atom stereocenters. The Hall–Kier alpha value is -0.490. The van der Waals surface area contributed by atoms with Crippen LogP contribution in [0.1, 0.15) is 24.2 Å². The van der Waals surface area contributed by atoms with Gasteiger partial charge in [-0.3, -0.25) is 9.48 Å². The lowest BCUT2D eigenvalue weighted by Crippen LogP contribution is -2.35. The minimum absolute atomic E-state index is 0.533. The first-order valence-electron chi connectivity index (χ1n) is 5.51. The molecule has 0 amide bonds. The van der Waals surface area contributed by atoms with Crippen LogP contribution < -0.4 is 0 Å². The van der Waals surface area contributed by atoms with E-state index in [1.54, 1.807) is 16.4 Å². The summed E-state index contributed by atoms with van der Waals surface area (Å²) in [6.45, 7) is 1.92. The zero-order valence-corrected chi connectivity index (χ0v) is 12.3. The fraction of sp³-hybridized carbons (Fsp3) is 0.636. The van der Waals surface area contributed by atoms with Gasteiger partial charge in [-0.05, 0) is 41.4 Å². The van der Waals surface area contributed by atoms with Crippen LogP contribution >= 0.6 is 27.7 Å². The summed E-state index contributed by atoms with van der Waals surface area (Å²) >= 11 is 5.05. The normalized spacial score (nSPS) is 24.2. The van der Waals surface area contributed by atoms with Gasteiger partial charge in [0, 0.05) is 13.5 Å². The highest BCUT2D eigenvalue weighted by atomic mass is 79.9. The van der Waals surface area contributed by atoms with E-state index in [2.05, 4.69) is 21.0 Å². The highest BCUT2D eigenvalue weighted by molar-refractivity contribution is 9.10. The van der Waals surface area contributed by atoms with Gasteiger partial charge >= 0.3 is 5.97 Å². The van der Waals surface area contributed by atoms with Gasteiger partial charge < -0.3 is 5.11 Å². The van der Waals surface area contributed by atoms with Gasteiger partial charge in [0.25, 0.3) is 0 Å². The van der Waals surface area contributed by atoms with Crippen LogP contribution in [0.15, 0.2) is 4.47 Å². The largest absolute Gasteiger partial charge is 0.480 e. The van der Waals surface area contributed by atoms with Gasteiger partial charge in [-0.25, -0.2) is 0 Å². The molecule has 1 aromatic heterocycles. The average molecular weight is 319 g/mol. The lowest BCUT2D eigenvalue weighted by atomic mass is 9.97. The molecule has 6 heteroatoms. The molecular formula is C11H15BrN2O2S. The number of rotatable bonds is 3. The standard InChI is InChI=1S/C11H15BrN2O2S/c1-7-9(12)8(14(2)13-7)6-11(10(15)16)4-3-5-17-11/h3-6H2,1-2H3,(H,15,16). The van der Waals surface area contributed by atoms with Crippen molar-refractivity contribution in [3.05, 3.63) is 15.9 Å². The van der Waals surface area contributed by atoms with E-state index in [0.717, 1.165) is 34.5 Å². The third-order valence-corrected chi connectivity index (χ3v) is 5.81. The van der Waals surface area contributed by atoms with Gasteiger partial charge in [0.05, 0.1) is 15.9 Å². The van der Waals surface area contributed by atoms with Gasteiger partial charge in [0.1, 0.15) is 4.75 Å². The van der Waals surface area contributed by atoms with Crippen LogP contribution in [0.3, 0.4) is 0 Å². The second-order valence-electron chi connectivity index (χ2n) is 4.40. The van der Waals surface area contributed by atoms with Crippen molar-refractivity contribution in [2.24, 2.45) is 7.05 Å². The zero-order chi connectivity index (χ0) is 12.6. The fourth-order valence-corrected chi connectivity index (χ4v) is 4.03. The van der Waals surface area contributed by atoms with Crippen molar-refractivity contribution >= 4 is 33.7 Å². The second kappa shape index (κ2) is 4.65. The van der Waals surface area contributed by atoms with Crippen molar-refractivity contribution in [1.29, 1.82) is 0 Å². The number of aryl methyl sites for hydroxylation is 2. The predicted molar refractivity (Wildman–Crippen MR) is 71.4 cm³/mol. The first-order valence-corrected chi connectivity index (χ1v) is 7.29. The molecule has 1 fully saturated rings. The summed E-state index contributed by atoms with van der Waals surface area (Å²) in [5.74, 6) is 0.228. The summed E-state index contributed by atoms with van der Waals surface area (Å²) in [5, 5.41) is 13.8. The molecule has 2 heterocycles. The maximum absolute atomic E-state index is 11.5. The molecule has 0 spiro atoms. The molecule has 0 bridgehead atoms. The topological polar surface area (TPSA) is 55.1 Å². The molecular weight excluding hydrogens is 304 g/mol. The Bertz CT molecular complexity index is 453. The van der Waals surface area contributed by atoms with Crippen molar-refractivity contribution in [2.45, 2.75) is 30.9 Å². The van der Waals surface area contributed by atoms with E-state index in [-0.39, 0.29) is 0 Å². The minimum Gasteiger partial charge on any atom is -0.480 e. The molecule has 2 rings (SSSR count). The maximum atomic E-state index is 11.5. The molecule has 0 radical (unpaired) electrons. The number of nitrogens with zero attached hydrogens (tertiary/aromatic N) is 2. The Morgan fingerprint density at radius 3 is 2.82 bits per heavy atom. The Kier molecular flexibility index (Phi) is 3.54. The van der Waals surface area contributed by atoms with Crippen LogP contribution in [0, 0.1) is 6.92 Å². The second-order valence-corrected chi connectivity index (χ2v) is 6.67. The molecule has 17 heavy (non-hydrogen) atoms. The quantitative estimate of drug-likeness (QED) is 0.929. The maximum Gasteiger partial charge on any atom is 0.320 e. The first-order chi connectivity index (χ1) is 7.96. The number of carboxylic acid groups (broad SMARTS) is 1. The Morgan fingerprint density at radius 2 is 2.41 bits per heavy atom. The fourth-order valence-electron chi connectivity index (χ4n) is 2.22. The molecule has 4 nitrogen and oxygen atoms in total. The Balaban J connectivity index is 2.33. The number of hydrogen-bond donors (Lipinski definition) is 1. The van der Waals surface area contributed by atoms with Crippen molar-refractivity contribution in [3.63, 3.8) is 0 Å². The summed E-state index contributed by atoms with van der Waals surface area (Å²) in [6, 6.07) is 0. The monoisotopic (exact) mass is 318 g/mol. The van der Waals surface area contributed by atoms with E-state index in [4.69, 9.17) is 0 Å². The summed E-state index contributed by atoms with van der Waals surface area (Å²) in [4.78, 5) is 11.5. The predicted octanol–water partition coefficient (Wildman–Crippen LogP) is 2.38. The van der Waals surface area contributed by atoms with Gasteiger partial charge in [-0.15, -0.1) is 11.8 Å². The third-order valence-electron chi connectivity index (χ3n) is 3.21. The molecule has 1 aliphatic heterocycles. The summed E-state index contributed by atoms with van der Waals surface area (Å²) in [7, 11) is 1.86. The SMILES string of the molecule is Cc1nn(C)c(CC2(C(=O)O)CCCS2)c1Br. The minimum atomic E-state index is -0.703. The van der Waals surface area contributed by atoms with E-state index in [1.807, 2.05) is 14.0 Å². The molecule has 1 aromatic rings. The summed E-state index contributed by atoms with van der Waals surface area (Å²) in [5.41, 5.74) is 1.88. The Morgan fingerprint density at radius 1 is 1.71 bits per heavy atom. The third kappa shape index (κ3) is 2.25. The lowest BCUT2D eigenvalue weighted by Gasteiger charge is -2.23. The Labute approximate surface area is 113 Å². The number of hydrogen-bond acceptors (Lipinski definition) is 3. The number of aliphatic carboxylic acids is 1. The van der Waals surface area contributed by atoms with Crippen molar-refractivity contribution in [3.8, 4) is 0 Å². The highest BCUT2D eigenvalue weighted by Crippen LogP contribution is 2.42. The van der Waals surface area contributed by atoms with Crippen molar-refractivity contribution in [2.75, 3.05) is 5.75 Å². The molecule has 1 aliphatic rings. The molecule has 0 aromatic carbocycles. The first kappa shape index (κ1) is 13.0. The summed E-state index contributed by atoms with van der Waals surface area (Å²) < 4.78 is 2.05. The van der Waals surface area contributed by atoms with Gasteiger partial charge in [-0.1, -0.05) is 0 Å². The summed E-state index contributed by atoms with van der Waals surface area (Å²) in [6.07, 6.45) is 2.25. The van der Waals surface area contributed by atoms with Crippen LogP contribution in [-0.4, -0.2) is 31.4 Å². The number of carbonyl (C=O) groups is 1. The molecule has 0 aliphatic carbocycles. The smallest absolute Gasteiger partial charge is 0.320 e. The van der Waals surface area contributed by atoms with Crippen molar-refractivity contribution < 1.29 is 9.90 Å². The van der Waals surface area contributed by atoms with E-state index in [0.29, 0.717) is 6.42 Å². The number of halogens is 1. The van der Waals surface area contributed by atoms with Crippen LogP contribution in [0.2, 0.25) is 0 Å². The van der Waals surface area contributed by atoms with Gasteiger partial charge in [-0.2, -0.15) is 5.10 Å². The number of carboxylic acids is 1. The van der Waals surface area contributed by atoms with Gasteiger partial charge in [0.2, 0.25) is 0 Å². The zero-order valence-electron chi connectivity index (χ0n) is 9.86. The highest BCUT2D eigenvalue weighted by Gasteiger charge is 2.43. The van der Waals surface area contributed by atoms with Crippen LogP contribution in [0.4, 0.5) is 0 Å². The number of aromatic nitrogens is 2. The molecule has 1 N–H and O–H groups in total. The van der Waals surface area contributed by atoms with Crippen molar-refractivity contribution in [1.82, 2.24) is 9.78 Å². The molecule has 1 unspecified atom stereocenters. The molecule has 94 valence electrons. The van der Waals surface area contributed by atoms with Gasteiger partial charge in [0.15, 0.2) is 0 Å². The number of thioether (sulfide) groups is 1. The van der Waals surface area contributed by atoms with E-state index < -0.39 is 10.7 Å². The lowest BCUT2D eigenvalue weighted by molar-refractivity contribution is -0.139. The van der Waals surface area contributed by atoms with E-state index in [9.17, 15) is 9.90 Å². The average Bonchev–Trinajstić information content (AvgIpc) is 2.81. The van der Waals surface area contributed by atoms with E-state index >= 15 is 0 Å². The molecule has 0 saturated carbocycles. The van der Waals surface area contributed by atoms with Crippen LogP contribution in [-0.2, 0) is 18.3 Å². The van der Waals surface area contributed by atoms with Crippen LogP contribution in [0.5, 0.6) is 0 Å².